The molecule has 0 aromatic carbocycles. The van der Waals surface area contributed by atoms with Gasteiger partial charge in [0, 0.05) is 25.8 Å². The lowest BCUT2D eigenvalue weighted by Gasteiger charge is -2.13. The van der Waals surface area contributed by atoms with Crippen molar-refractivity contribution in [2.24, 2.45) is 0 Å². The largest absolute Gasteiger partial charge is 0.379 e. The van der Waals surface area contributed by atoms with E-state index in [1.54, 1.807) is 6.33 Å². The second-order valence-electron chi connectivity index (χ2n) is 5.10. The van der Waals surface area contributed by atoms with E-state index in [9.17, 15) is 0 Å². The molecule has 0 bridgehead atoms. The molecule has 0 saturated carbocycles. The lowest BCUT2D eigenvalue weighted by molar-refractivity contribution is 0.0765. The van der Waals surface area contributed by atoms with E-state index in [-0.39, 0.29) is 0 Å². The number of rotatable bonds is 10. The summed E-state index contributed by atoms with van der Waals surface area (Å²) in [5.41, 5.74) is 1.18. The molecule has 20 heavy (non-hydrogen) atoms. The van der Waals surface area contributed by atoms with Gasteiger partial charge in [0.1, 0.15) is 18.0 Å². The number of nitrogens with zero attached hydrogens (tertiary/aromatic N) is 2. The summed E-state index contributed by atoms with van der Waals surface area (Å²) in [4.78, 5) is 8.63. The predicted octanol–water partition coefficient (Wildman–Crippen LogP) is 3.09. The van der Waals surface area contributed by atoms with E-state index in [0.717, 1.165) is 50.5 Å². The fraction of sp³-hybridized carbons (Fsp3) is 0.733. The highest BCUT2D eigenvalue weighted by Gasteiger charge is 2.08. The number of hydrogen-bond acceptors (Lipinski definition) is 5. The molecule has 0 amide bonds. The molecular formula is C15H28N4O. The highest BCUT2D eigenvalue weighted by molar-refractivity contribution is 5.57. The van der Waals surface area contributed by atoms with Gasteiger partial charge in [0.2, 0.25) is 0 Å². The number of ether oxygens (including phenoxy) is 1. The fourth-order valence-electron chi connectivity index (χ4n) is 2.02. The maximum absolute atomic E-state index is 5.53. The summed E-state index contributed by atoms with van der Waals surface area (Å²) in [6, 6.07) is 0. The van der Waals surface area contributed by atoms with E-state index >= 15 is 0 Å². The minimum atomic E-state index is 0.319. The van der Waals surface area contributed by atoms with Gasteiger partial charge in [-0.3, -0.25) is 0 Å². The quantitative estimate of drug-likeness (QED) is 0.645. The van der Waals surface area contributed by atoms with Crippen LogP contribution in [0.4, 0.5) is 11.6 Å². The second-order valence-corrected chi connectivity index (χ2v) is 5.10. The van der Waals surface area contributed by atoms with Gasteiger partial charge in [-0.2, -0.15) is 0 Å². The summed E-state index contributed by atoms with van der Waals surface area (Å²) < 4.78 is 5.53. The van der Waals surface area contributed by atoms with Crippen LogP contribution in [0.15, 0.2) is 6.33 Å². The third kappa shape index (κ3) is 5.74. The smallest absolute Gasteiger partial charge is 0.134 e. The van der Waals surface area contributed by atoms with Gasteiger partial charge in [-0.1, -0.05) is 13.3 Å². The Morgan fingerprint density at radius 3 is 2.60 bits per heavy atom. The summed E-state index contributed by atoms with van der Waals surface area (Å²) in [6.45, 7) is 8.04. The second kappa shape index (κ2) is 9.53. The molecule has 0 atom stereocenters. The van der Waals surface area contributed by atoms with Gasteiger partial charge in [-0.25, -0.2) is 9.97 Å². The lowest BCUT2D eigenvalue weighted by Crippen LogP contribution is -2.11. The van der Waals surface area contributed by atoms with Gasteiger partial charge in [-0.05, 0) is 33.1 Å². The van der Waals surface area contributed by atoms with Crippen molar-refractivity contribution >= 4 is 11.6 Å². The molecule has 2 N–H and O–H groups in total. The molecule has 0 aliphatic rings. The Morgan fingerprint density at radius 1 is 1.20 bits per heavy atom. The number of anilines is 2. The Labute approximate surface area is 122 Å². The Balaban J connectivity index is 2.42. The van der Waals surface area contributed by atoms with E-state index in [1.165, 1.54) is 5.56 Å². The van der Waals surface area contributed by atoms with Crippen molar-refractivity contribution in [3.8, 4) is 0 Å². The zero-order chi connectivity index (χ0) is 14.8. The lowest BCUT2D eigenvalue weighted by atomic mass is 10.1. The van der Waals surface area contributed by atoms with E-state index < -0.39 is 0 Å². The highest BCUT2D eigenvalue weighted by atomic mass is 16.5. The Hall–Kier alpha value is -1.36. The molecular weight excluding hydrogens is 252 g/mol. The molecule has 0 spiro atoms. The summed E-state index contributed by atoms with van der Waals surface area (Å²) >= 11 is 0. The van der Waals surface area contributed by atoms with Crippen LogP contribution in [0.1, 0.15) is 45.6 Å². The van der Waals surface area contributed by atoms with Crippen LogP contribution in [-0.2, 0) is 11.2 Å². The topological polar surface area (TPSA) is 59.1 Å². The van der Waals surface area contributed by atoms with E-state index in [0.29, 0.717) is 6.10 Å². The molecule has 1 heterocycles. The maximum atomic E-state index is 5.53. The van der Waals surface area contributed by atoms with Gasteiger partial charge in [0.05, 0.1) is 6.10 Å². The summed E-state index contributed by atoms with van der Waals surface area (Å²) in [5, 5.41) is 6.55. The van der Waals surface area contributed by atoms with Crippen molar-refractivity contribution < 1.29 is 4.74 Å². The molecule has 1 aromatic heterocycles. The molecule has 114 valence electrons. The first-order valence-corrected chi connectivity index (χ1v) is 7.56. The van der Waals surface area contributed by atoms with Crippen molar-refractivity contribution in [1.82, 2.24) is 9.97 Å². The third-order valence-electron chi connectivity index (χ3n) is 3.00. The normalized spacial score (nSPS) is 10.8. The first kappa shape index (κ1) is 16.7. The van der Waals surface area contributed by atoms with Crippen LogP contribution in [0.25, 0.3) is 0 Å². The van der Waals surface area contributed by atoms with Gasteiger partial charge in [0.15, 0.2) is 0 Å². The minimum Gasteiger partial charge on any atom is -0.379 e. The monoisotopic (exact) mass is 280 g/mol. The SMILES string of the molecule is CCCc1c(NC)ncnc1NCCCCOC(C)C. The molecule has 1 aromatic rings. The standard InChI is InChI=1S/C15H28N4O/c1-5-8-13-14(16-4)18-11-19-15(13)17-9-6-7-10-20-12(2)3/h11-12H,5-10H2,1-4H3,(H2,16,17,18,19). The average Bonchev–Trinajstić information content (AvgIpc) is 2.44. The predicted molar refractivity (Wildman–Crippen MR) is 84.4 cm³/mol. The fourth-order valence-corrected chi connectivity index (χ4v) is 2.02. The van der Waals surface area contributed by atoms with Crippen LogP contribution in [0.3, 0.4) is 0 Å². The van der Waals surface area contributed by atoms with Crippen LogP contribution >= 0.6 is 0 Å². The highest BCUT2D eigenvalue weighted by Crippen LogP contribution is 2.21. The molecule has 0 radical (unpaired) electrons. The average molecular weight is 280 g/mol. The molecule has 0 saturated heterocycles. The van der Waals surface area contributed by atoms with Crippen LogP contribution in [0.2, 0.25) is 0 Å². The van der Waals surface area contributed by atoms with Crippen molar-refractivity contribution in [1.29, 1.82) is 0 Å². The first-order chi connectivity index (χ1) is 9.69. The van der Waals surface area contributed by atoms with Gasteiger partial charge in [0.25, 0.3) is 0 Å². The van der Waals surface area contributed by atoms with Crippen molar-refractivity contribution in [2.45, 2.75) is 52.6 Å². The first-order valence-electron chi connectivity index (χ1n) is 7.56. The molecule has 5 nitrogen and oxygen atoms in total. The van der Waals surface area contributed by atoms with Crippen molar-refractivity contribution in [3.05, 3.63) is 11.9 Å². The van der Waals surface area contributed by atoms with E-state index in [4.69, 9.17) is 4.74 Å². The Kier molecular flexibility index (Phi) is 7.95. The van der Waals surface area contributed by atoms with Crippen molar-refractivity contribution in [2.75, 3.05) is 30.8 Å². The zero-order valence-electron chi connectivity index (χ0n) is 13.2. The summed E-state index contributed by atoms with van der Waals surface area (Å²) in [5.74, 6) is 1.88. The van der Waals surface area contributed by atoms with Crippen LogP contribution in [0.5, 0.6) is 0 Å². The minimum absolute atomic E-state index is 0.319. The molecule has 0 aliphatic heterocycles. The van der Waals surface area contributed by atoms with Gasteiger partial charge < -0.3 is 15.4 Å². The van der Waals surface area contributed by atoms with Crippen molar-refractivity contribution in [3.63, 3.8) is 0 Å². The molecule has 1 rings (SSSR count). The molecule has 0 aliphatic carbocycles. The Morgan fingerprint density at radius 2 is 1.95 bits per heavy atom. The molecule has 5 heteroatoms. The van der Waals surface area contributed by atoms with E-state index in [1.807, 2.05) is 7.05 Å². The number of nitrogens with one attached hydrogen (secondary N) is 2. The van der Waals surface area contributed by atoms with Crippen LogP contribution in [-0.4, -0.2) is 36.3 Å². The van der Waals surface area contributed by atoms with Gasteiger partial charge >= 0.3 is 0 Å². The third-order valence-corrected chi connectivity index (χ3v) is 3.00. The molecule has 0 unspecified atom stereocenters. The maximum Gasteiger partial charge on any atom is 0.134 e. The van der Waals surface area contributed by atoms with E-state index in [2.05, 4.69) is 41.4 Å². The zero-order valence-corrected chi connectivity index (χ0v) is 13.2. The van der Waals surface area contributed by atoms with Crippen LogP contribution < -0.4 is 10.6 Å². The van der Waals surface area contributed by atoms with Crippen LogP contribution in [0, 0.1) is 0 Å². The van der Waals surface area contributed by atoms with Gasteiger partial charge in [-0.15, -0.1) is 0 Å². The number of unbranched alkanes of at least 4 members (excludes halogenated alkanes) is 1. The summed E-state index contributed by atoms with van der Waals surface area (Å²) in [7, 11) is 1.90. The summed E-state index contributed by atoms with van der Waals surface area (Å²) in [6.07, 6.45) is 6.14. The number of hydrogen-bond donors (Lipinski definition) is 2. The molecule has 0 fully saturated rings. The number of aromatic nitrogens is 2. The Bertz CT molecular complexity index is 382.